The average molecular weight is 283 g/mol. The zero-order chi connectivity index (χ0) is 14.4. The summed E-state index contributed by atoms with van der Waals surface area (Å²) < 4.78 is 4.80. The minimum absolute atomic E-state index is 0.155. The zero-order valence-electron chi connectivity index (χ0n) is 12.9. The fourth-order valence-electron chi connectivity index (χ4n) is 3.46. The van der Waals surface area contributed by atoms with E-state index >= 15 is 0 Å². The van der Waals surface area contributed by atoms with E-state index in [4.69, 9.17) is 4.74 Å². The number of ether oxygens (including phenoxy) is 1. The maximum atomic E-state index is 11.5. The molecule has 1 saturated heterocycles. The number of methoxy groups -OCH3 is 1. The molecule has 1 N–H and O–H groups in total. The van der Waals surface area contributed by atoms with Crippen LogP contribution in [-0.2, 0) is 9.53 Å². The lowest BCUT2D eigenvalue weighted by atomic mass is 10.1. The fourth-order valence-corrected chi connectivity index (χ4v) is 3.46. The highest BCUT2D eigenvalue weighted by Crippen LogP contribution is 2.24. The number of likely N-dealkylation sites (N-methyl/N-ethyl adjacent to an activating group) is 1. The van der Waals surface area contributed by atoms with Crippen molar-refractivity contribution < 1.29 is 9.53 Å². The largest absolute Gasteiger partial charge is 0.468 e. The second-order valence-electron chi connectivity index (χ2n) is 5.97. The lowest BCUT2D eigenvalue weighted by molar-refractivity contribution is -0.143. The molecule has 2 rings (SSSR count). The Labute approximate surface area is 122 Å². The van der Waals surface area contributed by atoms with E-state index in [9.17, 15) is 4.79 Å². The summed E-state index contributed by atoms with van der Waals surface area (Å²) in [6.07, 6.45) is 6.43. The highest BCUT2D eigenvalue weighted by Gasteiger charge is 2.26. The molecular formula is C15H29N3O2. The lowest BCUT2D eigenvalue weighted by Gasteiger charge is -2.38. The Bertz CT molecular complexity index is 297. The molecule has 1 saturated carbocycles. The summed E-state index contributed by atoms with van der Waals surface area (Å²) in [4.78, 5) is 16.7. The molecule has 0 radical (unpaired) electrons. The molecule has 1 aliphatic carbocycles. The minimum Gasteiger partial charge on any atom is -0.468 e. The molecule has 1 unspecified atom stereocenters. The smallest absolute Gasteiger partial charge is 0.322 e. The molecule has 0 aromatic carbocycles. The van der Waals surface area contributed by atoms with E-state index < -0.39 is 0 Å². The first-order chi connectivity index (χ1) is 9.74. The van der Waals surface area contributed by atoms with Crippen molar-refractivity contribution >= 4 is 5.97 Å². The van der Waals surface area contributed by atoms with Gasteiger partial charge in [0.05, 0.1) is 7.11 Å². The third kappa shape index (κ3) is 4.17. The van der Waals surface area contributed by atoms with Gasteiger partial charge >= 0.3 is 5.97 Å². The van der Waals surface area contributed by atoms with Gasteiger partial charge in [-0.1, -0.05) is 12.8 Å². The van der Waals surface area contributed by atoms with Crippen LogP contribution in [0.2, 0.25) is 0 Å². The van der Waals surface area contributed by atoms with E-state index in [1.54, 1.807) is 0 Å². The van der Waals surface area contributed by atoms with Crippen LogP contribution in [0.3, 0.4) is 0 Å². The Balaban J connectivity index is 1.67. The van der Waals surface area contributed by atoms with Crippen molar-refractivity contribution in [1.29, 1.82) is 0 Å². The van der Waals surface area contributed by atoms with Gasteiger partial charge in [-0.05, 0) is 26.3 Å². The van der Waals surface area contributed by atoms with Crippen LogP contribution in [0.25, 0.3) is 0 Å². The maximum Gasteiger partial charge on any atom is 0.322 e. The SMILES string of the molecule is CNC(CCN1CCN(C2CCCC2)CC1)C(=O)OC. The predicted molar refractivity (Wildman–Crippen MR) is 79.7 cm³/mol. The third-order valence-electron chi connectivity index (χ3n) is 4.82. The quantitative estimate of drug-likeness (QED) is 0.727. The van der Waals surface area contributed by atoms with Gasteiger partial charge in [0.2, 0.25) is 0 Å². The first-order valence-electron chi connectivity index (χ1n) is 7.96. The van der Waals surface area contributed by atoms with Crippen molar-refractivity contribution in [2.45, 2.75) is 44.2 Å². The highest BCUT2D eigenvalue weighted by molar-refractivity contribution is 5.75. The molecular weight excluding hydrogens is 254 g/mol. The number of hydrogen-bond donors (Lipinski definition) is 1. The zero-order valence-corrected chi connectivity index (χ0v) is 12.9. The summed E-state index contributed by atoms with van der Waals surface area (Å²) in [5.41, 5.74) is 0. The fraction of sp³-hybridized carbons (Fsp3) is 0.933. The van der Waals surface area contributed by atoms with Gasteiger partial charge in [0.25, 0.3) is 0 Å². The van der Waals surface area contributed by atoms with Crippen LogP contribution in [0.4, 0.5) is 0 Å². The summed E-state index contributed by atoms with van der Waals surface area (Å²) >= 11 is 0. The third-order valence-corrected chi connectivity index (χ3v) is 4.82. The van der Waals surface area contributed by atoms with Gasteiger partial charge in [0, 0.05) is 38.8 Å². The predicted octanol–water partition coefficient (Wildman–Crippen LogP) is 0.698. The Morgan fingerprint density at radius 1 is 1.25 bits per heavy atom. The Hall–Kier alpha value is -0.650. The molecule has 0 spiro atoms. The van der Waals surface area contributed by atoms with Crippen LogP contribution in [0.15, 0.2) is 0 Å². The van der Waals surface area contributed by atoms with Gasteiger partial charge in [-0.25, -0.2) is 0 Å². The molecule has 2 aliphatic rings. The molecule has 0 aromatic heterocycles. The van der Waals surface area contributed by atoms with Crippen LogP contribution < -0.4 is 5.32 Å². The first-order valence-corrected chi connectivity index (χ1v) is 7.96. The molecule has 5 heteroatoms. The van der Waals surface area contributed by atoms with E-state index in [0.29, 0.717) is 0 Å². The van der Waals surface area contributed by atoms with Gasteiger partial charge in [-0.2, -0.15) is 0 Å². The number of nitrogens with one attached hydrogen (secondary N) is 1. The molecule has 2 fully saturated rings. The van der Waals surface area contributed by atoms with Crippen molar-refractivity contribution in [3.05, 3.63) is 0 Å². The first kappa shape index (κ1) is 15.7. The van der Waals surface area contributed by atoms with Crippen molar-refractivity contribution in [1.82, 2.24) is 15.1 Å². The normalized spacial score (nSPS) is 23.9. The van der Waals surface area contributed by atoms with Crippen LogP contribution in [-0.4, -0.2) is 74.7 Å². The Morgan fingerprint density at radius 3 is 2.45 bits per heavy atom. The van der Waals surface area contributed by atoms with E-state index in [-0.39, 0.29) is 12.0 Å². The molecule has 0 bridgehead atoms. The van der Waals surface area contributed by atoms with E-state index in [0.717, 1.165) is 32.1 Å². The number of carbonyl (C=O) groups excluding carboxylic acids is 1. The summed E-state index contributed by atoms with van der Waals surface area (Å²) in [5.74, 6) is -0.155. The number of hydrogen-bond acceptors (Lipinski definition) is 5. The molecule has 1 aliphatic heterocycles. The Morgan fingerprint density at radius 2 is 1.90 bits per heavy atom. The van der Waals surface area contributed by atoms with Crippen molar-refractivity contribution in [3.63, 3.8) is 0 Å². The second-order valence-corrected chi connectivity index (χ2v) is 5.97. The number of piperazine rings is 1. The van der Waals surface area contributed by atoms with Gasteiger partial charge in [-0.15, -0.1) is 0 Å². The monoisotopic (exact) mass is 283 g/mol. The Kier molecular flexibility index (Phi) is 6.26. The van der Waals surface area contributed by atoms with Gasteiger partial charge < -0.3 is 15.0 Å². The summed E-state index contributed by atoms with van der Waals surface area (Å²) in [6, 6.07) is 0.671. The van der Waals surface area contributed by atoms with Crippen LogP contribution >= 0.6 is 0 Å². The van der Waals surface area contributed by atoms with E-state index in [2.05, 4.69) is 15.1 Å². The second kappa shape index (κ2) is 7.96. The van der Waals surface area contributed by atoms with Crippen molar-refractivity contribution in [3.8, 4) is 0 Å². The average Bonchev–Trinajstić information content (AvgIpc) is 3.02. The minimum atomic E-state index is -0.173. The molecule has 1 atom stereocenters. The molecule has 0 aromatic rings. The van der Waals surface area contributed by atoms with Gasteiger partial charge in [-0.3, -0.25) is 9.69 Å². The maximum absolute atomic E-state index is 11.5. The van der Waals surface area contributed by atoms with Crippen LogP contribution in [0.5, 0.6) is 0 Å². The topological polar surface area (TPSA) is 44.8 Å². The van der Waals surface area contributed by atoms with Crippen molar-refractivity contribution in [2.24, 2.45) is 0 Å². The van der Waals surface area contributed by atoms with Crippen LogP contribution in [0.1, 0.15) is 32.1 Å². The van der Waals surface area contributed by atoms with E-state index in [1.807, 2.05) is 7.05 Å². The molecule has 0 amide bonds. The molecule has 20 heavy (non-hydrogen) atoms. The van der Waals surface area contributed by atoms with E-state index in [1.165, 1.54) is 45.9 Å². The number of carbonyl (C=O) groups is 1. The van der Waals surface area contributed by atoms with Gasteiger partial charge in [0.15, 0.2) is 0 Å². The number of nitrogens with zero attached hydrogens (tertiary/aromatic N) is 2. The van der Waals surface area contributed by atoms with Crippen LogP contribution in [0, 0.1) is 0 Å². The number of esters is 1. The molecule has 1 heterocycles. The standard InChI is InChI=1S/C15H29N3O2/c1-16-14(15(19)20-2)7-8-17-9-11-18(12-10-17)13-5-3-4-6-13/h13-14,16H,3-12H2,1-2H3. The molecule has 116 valence electrons. The number of rotatable bonds is 6. The summed E-state index contributed by atoms with van der Waals surface area (Å²) in [7, 11) is 3.27. The summed E-state index contributed by atoms with van der Waals surface area (Å²) in [6.45, 7) is 5.61. The van der Waals surface area contributed by atoms with Crippen molar-refractivity contribution in [2.75, 3.05) is 46.9 Å². The van der Waals surface area contributed by atoms with Gasteiger partial charge in [0.1, 0.15) is 6.04 Å². The lowest BCUT2D eigenvalue weighted by Crippen LogP contribution is -2.50. The molecule has 5 nitrogen and oxygen atoms in total. The highest BCUT2D eigenvalue weighted by atomic mass is 16.5. The summed E-state index contributed by atoms with van der Waals surface area (Å²) in [5, 5.41) is 3.03.